The number of halogens is 1. The number of hydrogen-bond acceptors (Lipinski definition) is 3. The number of hydrogen-bond donors (Lipinski definition) is 2. The normalized spacial score (nSPS) is 21.3. The summed E-state index contributed by atoms with van der Waals surface area (Å²) in [5, 5.41) is 3.05. The van der Waals surface area contributed by atoms with Gasteiger partial charge in [0.1, 0.15) is 0 Å². The lowest BCUT2D eigenvalue weighted by Crippen LogP contribution is -2.51. The van der Waals surface area contributed by atoms with Crippen molar-refractivity contribution in [3.05, 3.63) is 35.9 Å². The van der Waals surface area contributed by atoms with Crippen molar-refractivity contribution >= 4 is 18.3 Å². The molecule has 0 saturated carbocycles. The van der Waals surface area contributed by atoms with Gasteiger partial charge in [0.15, 0.2) is 0 Å². The standard InChI is InChI=1S/C18H28N2O2.ClH/c1-3-18(19,4-2)13-20-17(21)15-11-8-12-22-16(15)14-9-6-5-7-10-14;/h5-7,9-10,15-16H,3-4,8,11-13,19H2,1-2H3,(H,20,21);1H. The molecule has 1 amide bonds. The number of ether oxygens (including phenoxy) is 1. The Kier molecular flexibility index (Phi) is 8.03. The van der Waals surface area contributed by atoms with Gasteiger partial charge in [-0.1, -0.05) is 44.2 Å². The molecule has 1 aliphatic heterocycles. The highest BCUT2D eigenvalue weighted by Crippen LogP contribution is 2.33. The Hall–Kier alpha value is -1.10. The summed E-state index contributed by atoms with van der Waals surface area (Å²) < 4.78 is 5.89. The third-order valence-electron chi connectivity index (χ3n) is 4.81. The molecule has 0 aromatic heterocycles. The highest BCUT2D eigenvalue weighted by atomic mass is 35.5. The van der Waals surface area contributed by atoms with E-state index in [0.29, 0.717) is 13.2 Å². The molecule has 5 heteroatoms. The highest BCUT2D eigenvalue weighted by molar-refractivity contribution is 5.85. The molecule has 2 unspecified atom stereocenters. The molecular weight excluding hydrogens is 312 g/mol. The van der Waals surface area contributed by atoms with Crippen LogP contribution in [0.15, 0.2) is 30.3 Å². The Morgan fingerprint density at radius 2 is 1.96 bits per heavy atom. The predicted molar refractivity (Wildman–Crippen MR) is 95.6 cm³/mol. The number of carbonyl (C=O) groups is 1. The highest BCUT2D eigenvalue weighted by Gasteiger charge is 2.33. The van der Waals surface area contributed by atoms with Crippen LogP contribution in [0.25, 0.3) is 0 Å². The van der Waals surface area contributed by atoms with Gasteiger partial charge >= 0.3 is 0 Å². The molecule has 130 valence electrons. The summed E-state index contributed by atoms with van der Waals surface area (Å²) in [6, 6.07) is 10.0. The van der Waals surface area contributed by atoms with Crippen LogP contribution in [-0.4, -0.2) is 24.6 Å². The number of carbonyl (C=O) groups excluding carboxylic acids is 1. The van der Waals surface area contributed by atoms with Gasteiger partial charge in [-0.25, -0.2) is 0 Å². The van der Waals surface area contributed by atoms with E-state index in [4.69, 9.17) is 10.5 Å². The van der Waals surface area contributed by atoms with E-state index < -0.39 is 0 Å². The zero-order chi connectivity index (χ0) is 16.0. The van der Waals surface area contributed by atoms with Crippen molar-refractivity contribution in [2.24, 2.45) is 11.7 Å². The number of nitrogens with one attached hydrogen (secondary N) is 1. The quantitative estimate of drug-likeness (QED) is 0.835. The fourth-order valence-electron chi connectivity index (χ4n) is 2.92. The van der Waals surface area contributed by atoms with E-state index in [9.17, 15) is 4.79 Å². The van der Waals surface area contributed by atoms with E-state index in [1.54, 1.807) is 0 Å². The summed E-state index contributed by atoms with van der Waals surface area (Å²) >= 11 is 0. The molecular formula is C18H29ClN2O2. The summed E-state index contributed by atoms with van der Waals surface area (Å²) in [6.45, 7) is 5.36. The second-order valence-electron chi connectivity index (χ2n) is 6.24. The van der Waals surface area contributed by atoms with Gasteiger partial charge < -0.3 is 15.8 Å². The van der Waals surface area contributed by atoms with Crippen molar-refractivity contribution in [2.45, 2.75) is 51.2 Å². The maximum absolute atomic E-state index is 12.6. The molecule has 0 spiro atoms. The predicted octanol–water partition coefficient (Wildman–Crippen LogP) is 3.21. The topological polar surface area (TPSA) is 64.3 Å². The van der Waals surface area contributed by atoms with E-state index in [1.807, 2.05) is 30.3 Å². The van der Waals surface area contributed by atoms with Gasteiger partial charge in [0.25, 0.3) is 0 Å². The van der Waals surface area contributed by atoms with Crippen LogP contribution in [0.3, 0.4) is 0 Å². The maximum Gasteiger partial charge on any atom is 0.226 e. The average Bonchev–Trinajstić information content (AvgIpc) is 2.60. The Labute approximate surface area is 145 Å². The number of rotatable bonds is 6. The van der Waals surface area contributed by atoms with Crippen LogP contribution in [0.1, 0.15) is 51.2 Å². The summed E-state index contributed by atoms with van der Waals surface area (Å²) in [4.78, 5) is 12.6. The molecule has 1 fully saturated rings. The van der Waals surface area contributed by atoms with E-state index in [2.05, 4.69) is 19.2 Å². The molecule has 4 nitrogen and oxygen atoms in total. The van der Waals surface area contributed by atoms with Gasteiger partial charge in [-0.3, -0.25) is 4.79 Å². The van der Waals surface area contributed by atoms with Gasteiger partial charge in [-0.2, -0.15) is 0 Å². The molecule has 3 N–H and O–H groups in total. The van der Waals surface area contributed by atoms with Crippen LogP contribution in [0.4, 0.5) is 0 Å². The molecule has 0 bridgehead atoms. The molecule has 1 saturated heterocycles. The van der Waals surface area contributed by atoms with Crippen molar-refractivity contribution in [2.75, 3.05) is 13.2 Å². The van der Waals surface area contributed by atoms with Crippen LogP contribution >= 0.6 is 12.4 Å². The number of nitrogens with two attached hydrogens (primary N) is 1. The first-order valence-corrected chi connectivity index (χ1v) is 8.33. The maximum atomic E-state index is 12.6. The van der Waals surface area contributed by atoms with Crippen LogP contribution in [-0.2, 0) is 9.53 Å². The Morgan fingerprint density at radius 1 is 1.30 bits per heavy atom. The second kappa shape index (κ2) is 9.26. The van der Waals surface area contributed by atoms with E-state index in [-0.39, 0.29) is 35.9 Å². The minimum atomic E-state index is -0.312. The van der Waals surface area contributed by atoms with Crippen molar-refractivity contribution in [1.82, 2.24) is 5.32 Å². The first-order chi connectivity index (χ1) is 10.6. The zero-order valence-corrected chi connectivity index (χ0v) is 14.9. The molecule has 1 aliphatic rings. The van der Waals surface area contributed by atoms with E-state index in [0.717, 1.165) is 31.2 Å². The Bertz CT molecular complexity index is 477. The number of amides is 1. The second-order valence-corrected chi connectivity index (χ2v) is 6.24. The van der Waals surface area contributed by atoms with Gasteiger partial charge in [-0.05, 0) is 31.2 Å². The average molecular weight is 341 g/mol. The smallest absolute Gasteiger partial charge is 0.226 e. The van der Waals surface area contributed by atoms with E-state index in [1.165, 1.54) is 0 Å². The third kappa shape index (κ3) is 5.20. The third-order valence-corrected chi connectivity index (χ3v) is 4.81. The fraction of sp³-hybridized carbons (Fsp3) is 0.611. The van der Waals surface area contributed by atoms with Crippen LogP contribution < -0.4 is 11.1 Å². The molecule has 1 heterocycles. The van der Waals surface area contributed by atoms with Crippen molar-refractivity contribution in [3.8, 4) is 0 Å². The lowest BCUT2D eigenvalue weighted by atomic mass is 9.88. The molecule has 2 rings (SSSR count). The minimum absolute atomic E-state index is 0. The summed E-state index contributed by atoms with van der Waals surface area (Å²) in [6.07, 6.45) is 3.35. The summed E-state index contributed by atoms with van der Waals surface area (Å²) in [5.74, 6) is -0.0700. The molecule has 2 atom stereocenters. The lowest BCUT2D eigenvalue weighted by molar-refractivity contribution is -0.135. The fourth-order valence-corrected chi connectivity index (χ4v) is 2.92. The van der Waals surface area contributed by atoms with E-state index >= 15 is 0 Å². The first-order valence-electron chi connectivity index (χ1n) is 8.33. The Morgan fingerprint density at radius 3 is 2.57 bits per heavy atom. The number of benzene rings is 1. The summed E-state index contributed by atoms with van der Waals surface area (Å²) in [5.41, 5.74) is 7.04. The minimum Gasteiger partial charge on any atom is -0.373 e. The van der Waals surface area contributed by atoms with Crippen molar-refractivity contribution in [3.63, 3.8) is 0 Å². The molecule has 0 radical (unpaired) electrons. The molecule has 23 heavy (non-hydrogen) atoms. The molecule has 0 aliphatic carbocycles. The van der Waals surface area contributed by atoms with Gasteiger partial charge in [0, 0.05) is 18.7 Å². The Balaban J connectivity index is 0.00000264. The molecule has 1 aromatic carbocycles. The van der Waals surface area contributed by atoms with Crippen LogP contribution in [0.5, 0.6) is 0 Å². The van der Waals surface area contributed by atoms with Gasteiger partial charge in [0.05, 0.1) is 12.0 Å². The van der Waals surface area contributed by atoms with Gasteiger partial charge in [0.2, 0.25) is 5.91 Å². The SMILES string of the molecule is CCC(N)(CC)CNC(=O)C1CCCOC1c1ccccc1.Cl. The molecule has 1 aromatic rings. The zero-order valence-electron chi connectivity index (χ0n) is 14.1. The van der Waals surface area contributed by atoms with Crippen molar-refractivity contribution in [1.29, 1.82) is 0 Å². The monoisotopic (exact) mass is 340 g/mol. The largest absolute Gasteiger partial charge is 0.373 e. The van der Waals surface area contributed by atoms with Crippen LogP contribution in [0, 0.1) is 5.92 Å². The first kappa shape index (κ1) is 19.9. The summed E-state index contributed by atoms with van der Waals surface area (Å²) in [7, 11) is 0. The van der Waals surface area contributed by atoms with Crippen molar-refractivity contribution < 1.29 is 9.53 Å². The van der Waals surface area contributed by atoms with Gasteiger partial charge in [-0.15, -0.1) is 12.4 Å². The van der Waals surface area contributed by atoms with Crippen LogP contribution in [0.2, 0.25) is 0 Å². The lowest BCUT2D eigenvalue weighted by Gasteiger charge is -2.33.